The zero-order valence-corrected chi connectivity index (χ0v) is 13.1. The second kappa shape index (κ2) is 6.53. The van der Waals surface area contributed by atoms with E-state index >= 15 is 0 Å². The van der Waals surface area contributed by atoms with E-state index in [4.69, 9.17) is 5.26 Å². The molecule has 1 aliphatic heterocycles. The van der Waals surface area contributed by atoms with Crippen molar-refractivity contribution in [3.63, 3.8) is 0 Å². The summed E-state index contributed by atoms with van der Waals surface area (Å²) in [5.74, 6) is -0.00807. The number of nitrogens with one attached hydrogen (secondary N) is 1. The highest BCUT2D eigenvalue weighted by molar-refractivity contribution is 5.91. The molecule has 2 aromatic rings. The number of nitriles is 1. The largest absolute Gasteiger partial charge is 0.368 e. The number of rotatable bonds is 4. The summed E-state index contributed by atoms with van der Waals surface area (Å²) < 4.78 is 0. The Hall–Kier alpha value is -2.80. The van der Waals surface area contributed by atoms with Crippen molar-refractivity contribution in [3.8, 4) is 6.07 Å². The van der Waals surface area contributed by atoms with Crippen LogP contribution in [0.5, 0.6) is 0 Å². The van der Waals surface area contributed by atoms with Gasteiger partial charge in [-0.25, -0.2) is 0 Å². The zero-order valence-electron chi connectivity index (χ0n) is 13.1. The molecule has 0 saturated carbocycles. The number of carbonyl (C=O) groups is 1. The van der Waals surface area contributed by atoms with Gasteiger partial charge in [0.1, 0.15) is 0 Å². The minimum absolute atomic E-state index is 0.00807. The van der Waals surface area contributed by atoms with Crippen LogP contribution in [0.2, 0.25) is 0 Å². The van der Waals surface area contributed by atoms with Gasteiger partial charge in [-0.3, -0.25) is 4.79 Å². The third kappa shape index (κ3) is 3.35. The van der Waals surface area contributed by atoms with Gasteiger partial charge in [0.2, 0.25) is 5.91 Å². The zero-order chi connectivity index (χ0) is 16.2. The Balaban J connectivity index is 1.58. The lowest BCUT2D eigenvalue weighted by Gasteiger charge is -2.24. The van der Waals surface area contributed by atoms with Gasteiger partial charge in [-0.15, -0.1) is 0 Å². The maximum absolute atomic E-state index is 12.1. The van der Waals surface area contributed by atoms with Crippen LogP contribution in [0, 0.1) is 11.3 Å². The van der Waals surface area contributed by atoms with Gasteiger partial charge < -0.3 is 10.2 Å². The summed E-state index contributed by atoms with van der Waals surface area (Å²) in [7, 11) is 0. The fourth-order valence-electron chi connectivity index (χ4n) is 3.04. The summed E-state index contributed by atoms with van der Waals surface area (Å²) in [6.45, 7) is 2.90. The second-order valence-electron chi connectivity index (χ2n) is 5.86. The Kier molecular flexibility index (Phi) is 4.29. The molecule has 0 aliphatic carbocycles. The Bertz CT molecular complexity index is 746. The molecule has 1 N–H and O–H groups in total. The molecule has 4 heteroatoms. The molecule has 0 aromatic heterocycles. The number of benzene rings is 2. The highest BCUT2D eigenvalue weighted by atomic mass is 16.1. The van der Waals surface area contributed by atoms with Gasteiger partial charge in [0.05, 0.1) is 11.6 Å². The first-order chi connectivity index (χ1) is 11.2. The average molecular weight is 305 g/mol. The molecule has 4 nitrogen and oxygen atoms in total. The molecule has 0 spiro atoms. The third-order valence-electron chi connectivity index (χ3n) is 4.23. The lowest BCUT2D eigenvalue weighted by molar-refractivity contribution is -0.116. The van der Waals surface area contributed by atoms with E-state index in [1.165, 1.54) is 11.3 Å². The highest BCUT2D eigenvalue weighted by Crippen LogP contribution is 2.31. The summed E-state index contributed by atoms with van der Waals surface area (Å²) in [4.78, 5) is 14.4. The molecule has 2 aromatic carbocycles. The standard InChI is InChI=1S/C19H19N3O/c1-14-12-16-4-2-3-5-18(16)22(14)11-10-19(23)21-17-8-6-15(13-20)7-9-17/h2-9,14H,10-12H2,1H3,(H,21,23). The van der Waals surface area contributed by atoms with Gasteiger partial charge in [0, 0.05) is 30.4 Å². The van der Waals surface area contributed by atoms with Crippen molar-refractivity contribution in [2.24, 2.45) is 0 Å². The molecule has 0 bridgehead atoms. The number of nitrogens with zero attached hydrogens (tertiary/aromatic N) is 2. The van der Waals surface area contributed by atoms with E-state index in [-0.39, 0.29) is 5.91 Å². The first-order valence-electron chi connectivity index (χ1n) is 7.82. The number of para-hydroxylation sites is 1. The van der Waals surface area contributed by atoms with Crippen LogP contribution >= 0.6 is 0 Å². The van der Waals surface area contributed by atoms with E-state index < -0.39 is 0 Å². The van der Waals surface area contributed by atoms with Gasteiger partial charge >= 0.3 is 0 Å². The quantitative estimate of drug-likeness (QED) is 0.942. The van der Waals surface area contributed by atoms with Gasteiger partial charge in [-0.2, -0.15) is 5.26 Å². The molecule has 116 valence electrons. The minimum Gasteiger partial charge on any atom is -0.368 e. The number of carbonyl (C=O) groups excluding carboxylic acids is 1. The molecular formula is C19H19N3O. The van der Waals surface area contributed by atoms with Gasteiger partial charge in [0.15, 0.2) is 0 Å². The maximum Gasteiger partial charge on any atom is 0.226 e. The summed E-state index contributed by atoms with van der Waals surface area (Å²) in [5.41, 5.74) is 3.91. The summed E-state index contributed by atoms with van der Waals surface area (Å²) in [5, 5.41) is 11.7. The smallest absolute Gasteiger partial charge is 0.226 e. The normalized spacial score (nSPS) is 15.8. The fraction of sp³-hybridized carbons (Fsp3) is 0.263. The molecule has 0 saturated heterocycles. The number of fused-ring (bicyclic) bond motifs is 1. The van der Waals surface area contributed by atoms with Crippen LogP contribution in [-0.2, 0) is 11.2 Å². The molecule has 1 aliphatic rings. The van der Waals surface area contributed by atoms with E-state index in [0.29, 0.717) is 24.6 Å². The predicted molar refractivity (Wildman–Crippen MR) is 91.4 cm³/mol. The van der Waals surface area contributed by atoms with Crippen LogP contribution in [0.1, 0.15) is 24.5 Å². The van der Waals surface area contributed by atoms with Crippen molar-refractivity contribution in [2.45, 2.75) is 25.8 Å². The first-order valence-corrected chi connectivity index (χ1v) is 7.82. The summed E-state index contributed by atoms with van der Waals surface area (Å²) in [6.07, 6.45) is 1.48. The monoisotopic (exact) mass is 305 g/mol. The van der Waals surface area contributed by atoms with Gasteiger partial charge in [0.25, 0.3) is 0 Å². The Morgan fingerprint density at radius 1 is 1.26 bits per heavy atom. The van der Waals surface area contributed by atoms with Crippen LogP contribution in [0.4, 0.5) is 11.4 Å². The molecule has 1 amide bonds. The predicted octanol–water partition coefficient (Wildman–Crippen LogP) is 3.34. The number of amides is 1. The molecule has 1 atom stereocenters. The van der Waals surface area contributed by atoms with Crippen molar-refractivity contribution >= 4 is 17.3 Å². The molecule has 0 fully saturated rings. The molecule has 1 heterocycles. The Morgan fingerprint density at radius 2 is 2.00 bits per heavy atom. The summed E-state index contributed by atoms with van der Waals surface area (Å²) >= 11 is 0. The number of hydrogen-bond donors (Lipinski definition) is 1. The van der Waals surface area contributed by atoms with Crippen LogP contribution in [0.15, 0.2) is 48.5 Å². The van der Waals surface area contributed by atoms with E-state index in [1.807, 2.05) is 6.07 Å². The second-order valence-corrected chi connectivity index (χ2v) is 5.86. The van der Waals surface area contributed by atoms with Gasteiger partial charge in [-0.1, -0.05) is 18.2 Å². The highest BCUT2D eigenvalue weighted by Gasteiger charge is 2.25. The SMILES string of the molecule is CC1Cc2ccccc2N1CCC(=O)Nc1ccc(C#N)cc1. The summed E-state index contributed by atoms with van der Waals surface area (Å²) in [6, 6.07) is 17.8. The van der Waals surface area contributed by atoms with Crippen molar-refractivity contribution in [1.29, 1.82) is 5.26 Å². The number of anilines is 2. The molecule has 0 radical (unpaired) electrons. The lowest BCUT2D eigenvalue weighted by atomic mass is 10.1. The van der Waals surface area contributed by atoms with E-state index in [1.54, 1.807) is 24.3 Å². The molecular weight excluding hydrogens is 286 g/mol. The van der Waals surface area contributed by atoms with Crippen LogP contribution in [0.25, 0.3) is 0 Å². The van der Waals surface area contributed by atoms with E-state index in [2.05, 4.69) is 41.4 Å². The fourth-order valence-corrected chi connectivity index (χ4v) is 3.04. The third-order valence-corrected chi connectivity index (χ3v) is 4.23. The van der Waals surface area contributed by atoms with Crippen molar-refractivity contribution in [3.05, 3.63) is 59.7 Å². The number of hydrogen-bond acceptors (Lipinski definition) is 3. The van der Waals surface area contributed by atoms with Crippen molar-refractivity contribution in [1.82, 2.24) is 0 Å². The van der Waals surface area contributed by atoms with E-state index in [9.17, 15) is 4.79 Å². The molecule has 1 unspecified atom stereocenters. The average Bonchev–Trinajstić information content (AvgIpc) is 2.89. The molecule has 3 rings (SSSR count). The minimum atomic E-state index is -0.00807. The lowest BCUT2D eigenvalue weighted by Crippen LogP contribution is -2.32. The van der Waals surface area contributed by atoms with Crippen molar-refractivity contribution < 1.29 is 4.79 Å². The van der Waals surface area contributed by atoms with Gasteiger partial charge in [-0.05, 0) is 49.2 Å². The Labute approximate surface area is 136 Å². The first kappa shape index (κ1) is 15.1. The topological polar surface area (TPSA) is 56.1 Å². The Morgan fingerprint density at radius 3 is 2.74 bits per heavy atom. The van der Waals surface area contributed by atoms with Crippen molar-refractivity contribution in [2.75, 3.05) is 16.8 Å². The van der Waals surface area contributed by atoms with Crippen LogP contribution < -0.4 is 10.2 Å². The molecule has 23 heavy (non-hydrogen) atoms. The van der Waals surface area contributed by atoms with E-state index in [0.717, 1.165) is 12.1 Å². The maximum atomic E-state index is 12.1. The van der Waals surface area contributed by atoms with Crippen LogP contribution in [0.3, 0.4) is 0 Å². The van der Waals surface area contributed by atoms with Crippen LogP contribution in [-0.4, -0.2) is 18.5 Å².